The fraction of sp³-hybridized carbons (Fsp3) is 0.286. The van der Waals surface area contributed by atoms with Gasteiger partial charge in [-0.1, -0.05) is 22.0 Å². The molecule has 0 aliphatic heterocycles. The largest absolute Gasteiger partial charge is 0.410 e. The molecule has 0 saturated carbocycles. The fourth-order valence-electron chi connectivity index (χ4n) is 0.652. The van der Waals surface area contributed by atoms with Crippen molar-refractivity contribution in [1.82, 2.24) is 4.73 Å². The number of rotatable bonds is 3. The maximum Gasteiger partial charge on any atom is 0.282 e. The van der Waals surface area contributed by atoms with Gasteiger partial charge in [-0.25, -0.2) is 0 Å². The monoisotopic (exact) mass is 217 g/mol. The van der Waals surface area contributed by atoms with Crippen molar-refractivity contribution in [2.24, 2.45) is 0 Å². The zero-order chi connectivity index (χ0) is 8.10. The Hall–Kier alpha value is -0.770. The molecule has 1 aromatic heterocycles. The van der Waals surface area contributed by atoms with E-state index in [-0.39, 0.29) is 5.56 Å². The van der Waals surface area contributed by atoms with Crippen LogP contribution in [-0.4, -0.2) is 16.7 Å². The Bertz CT molecular complexity index is 271. The van der Waals surface area contributed by atoms with Gasteiger partial charge in [-0.3, -0.25) is 4.79 Å². The van der Waals surface area contributed by atoms with Gasteiger partial charge in [0.15, 0.2) is 0 Å². The van der Waals surface area contributed by atoms with Crippen molar-refractivity contribution in [3.05, 3.63) is 34.7 Å². The van der Waals surface area contributed by atoms with Crippen LogP contribution in [0.15, 0.2) is 29.2 Å². The minimum absolute atomic E-state index is 0.145. The molecule has 0 amide bonds. The molecule has 0 N–H and O–H groups in total. The highest BCUT2D eigenvalue weighted by Gasteiger charge is 1.90. The maximum absolute atomic E-state index is 10.9. The van der Waals surface area contributed by atoms with Gasteiger partial charge in [0.05, 0.1) is 0 Å². The third kappa shape index (κ3) is 2.38. The Morgan fingerprint density at radius 3 is 3.00 bits per heavy atom. The first-order chi connectivity index (χ1) is 5.34. The number of halogens is 1. The van der Waals surface area contributed by atoms with E-state index in [1.54, 1.807) is 18.3 Å². The molecule has 3 nitrogen and oxygen atoms in total. The zero-order valence-corrected chi connectivity index (χ0v) is 7.45. The summed E-state index contributed by atoms with van der Waals surface area (Å²) in [7, 11) is 0. The van der Waals surface area contributed by atoms with E-state index >= 15 is 0 Å². The lowest BCUT2D eigenvalue weighted by molar-refractivity contribution is 0.116. The lowest BCUT2D eigenvalue weighted by Gasteiger charge is -2.04. The summed E-state index contributed by atoms with van der Waals surface area (Å²) in [4.78, 5) is 16.0. The van der Waals surface area contributed by atoms with Crippen LogP contribution in [-0.2, 0) is 0 Å². The molecule has 0 radical (unpaired) electrons. The van der Waals surface area contributed by atoms with Crippen LogP contribution in [0.5, 0.6) is 0 Å². The molecular formula is C7H8BrNO2. The van der Waals surface area contributed by atoms with Gasteiger partial charge < -0.3 is 4.84 Å². The van der Waals surface area contributed by atoms with Crippen LogP contribution in [0, 0.1) is 0 Å². The summed E-state index contributed by atoms with van der Waals surface area (Å²) < 4.78 is 1.21. The first-order valence-electron chi connectivity index (χ1n) is 3.21. The van der Waals surface area contributed by atoms with Crippen LogP contribution >= 0.6 is 15.9 Å². The van der Waals surface area contributed by atoms with Crippen molar-refractivity contribution < 1.29 is 4.84 Å². The molecule has 0 atom stereocenters. The Morgan fingerprint density at radius 1 is 1.55 bits per heavy atom. The molecular weight excluding hydrogens is 210 g/mol. The second kappa shape index (κ2) is 4.18. The number of alkyl halides is 1. The average Bonchev–Trinajstić information content (AvgIpc) is 2.03. The van der Waals surface area contributed by atoms with E-state index in [4.69, 9.17) is 4.84 Å². The van der Waals surface area contributed by atoms with Crippen molar-refractivity contribution in [2.75, 3.05) is 11.9 Å². The molecule has 0 aliphatic carbocycles. The standard InChI is InChI=1S/C7H8BrNO2/c8-4-6-11-9-5-2-1-3-7(9)10/h1-3,5H,4,6H2. The topological polar surface area (TPSA) is 31.2 Å². The molecule has 4 heteroatoms. The lowest BCUT2D eigenvalue weighted by atomic mass is 10.5. The van der Waals surface area contributed by atoms with Crippen molar-refractivity contribution in [3.63, 3.8) is 0 Å². The van der Waals surface area contributed by atoms with Gasteiger partial charge in [0.2, 0.25) is 0 Å². The molecule has 0 aromatic carbocycles. The van der Waals surface area contributed by atoms with E-state index in [0.29, 0.717) is 11.9 Å². The Labute approximate surface area is 72.7 Å². The molecule has 0 saturated heterocycles. The Kier molecular flexibility index (Phi) is 3.16. The molecule has 0 bridgehead atoms. The minimum atomic E-state index is -0.145. The number of nitrogens with zero attached hydrogens (tertiary/aromatic N) is 1. The summed E-state index contributed by atoms with van der Waals surface area (Å²) in [5.74, 6) is 0. The van der Waals surface area contributed by atoms with E-state index < -0.39 is 0 Å². The number of pyridine rings is 1. The average molecular weight is 218 g/mol. The number of aromatic nitrogens is 1. The molecule has 0 unspecified atom stereocenters. The third-order valence-corrected chi connectivity index (χ3v) is 1.42. The van der Waals surface area contributed by atoms with E-state index in [2.05, 4.69) is 15.9 Å². The highest BCUT2D eigenvalue weighted by Crippen LogP contribution is 1.80. The summed E-state index contributed by atoms with van der Waals surface area (Å²) in [6, 6.07) is 4.88. The van der Waals surface area contributed by atoms with E-state index in [0.717, 1.165) is 0 Å². The third-order valence-electron chi connectivity index (χ3n) is 1.10. The van der Waals surface area contributed by atoms with Crippen LogP contribution in [0.4, 0.5) is 0 Å². The smallest absolute Gasteiger partial charge is 0.282 e. The van der Waals surface area contributed by atoms with Crippen LogP contribution < -0.4 is 10.4 Å². The van der Waals surface area contributed by atoms with Crippen molar-refractivity contribution in [3.8, 4) is 0 Å². The molecule has 60 valence electrons. The van der Waals surface area contributed by atoms with Gasteiger partial charge in [0.1, 0.15) is 6.61 Å². The quantitative estimate of drug-likeness (QED) is 0.698. The molecule has 11 heavy (non-hydrogen) atoms. The molecule has 1 heterocycles. The van der Waals surface area contributed by atoms with Gasteiger partial charge in [-0.2, -0.15) is 4.73 Å². The van der Waals surface area contributed by atoms with Gasteiger partial charge in [0.25, 0.3) is 5.56 Å². The highest BCUT2D eigenvalue weighted by molar-refractivity contribution is 9.09. The van der Waals surface area contributed by atoms with Crippen LogP contribution in [0.25, 0.3) is 0 Å². The van der Waals surface area contributed by atoms with Gasteiger partial charge in [-0.15, -0.1) is 0 Å². The zero-order valence-electron chi connectivity index (χ0n) is 5.87. The van der Waals surface area contributed by atoms with Gasteiger partial charge in [-0.05, 0) is 6.07 Å². The van der Waals surface area contributed by atoms with E-state index in [1.807, 2.05) is 0 Å². The Balaban J connectivity index is 2.70. The molecule has 0 spiro atoms. The van der Waals surface area contributed by atoms with Crippen LogP contribution in [0.2, 0.25) is 0 Å². The number of hydrogen-bond acceptors (Lipinski definition) is 2. The first-order valence-corrected chi connectivity index (χ1v) is 4.33. The maximum atomic E-state index is 10.9. The molecule has 0 aliphatic rings. The fourth-order valence-corrected chi connectivity index (χ4v) is 0.797. The molecule has 0 fully saturated rings. The van der Waals surface area contributed by atoms with Crippen molar-refractivity contribution in [2.45, 2.75) is 0 Å². The molecule has 1 aromatic rings. The lowest BCUT2D eigenvalue weighted by Crippen LogP contribution is -2.26. The highest BCUT2D eigenvalue weighted by atomic mass is 79.9. The number of hydrogen-bond donors (Lipinski definition) is 0. The minimum Gasteiger partial charge on any atom is -0.410 e. The first kappa shape index (κ1) is 8.33. The Morgan fingerprint density at radius 2 is 2.36 bits per heavy atom. The SMILES string of the molecule is O=c1ccccn1OCCBr. The summed E-state index contributed by atoms with van der Waals surface area (Å²) in [6.07, 6.45) is 1.59. The van der Waals surface area contributed by atoms with Crippen LogP contribution in [0.3, 0.4) is 0 Å². The van der Waals surface area contributed by atoms with Crippen molar-refractivity contribution in [1.29, 1.82) is 0 Å². The van der Waals surface area contributed by atoms with E-state index in [1.165, 1.54) is 10.8 Å². The normalized spacial score (nSPS) is 9.55. The summed E-state index contributed by atoms with van der Waals surface area (Å²) >= 11 is 3.19. The van der Waals surface area contributed by atoms with Crippen molar-refractivity contribution >= 4 is 15.9 Å². The van der Waals surface area contributed by atoms with Crippen LogP contribution in [0.1, 0.15) is 0 Å². The summed E-state index contributed by atoms with van der Waals surface area (Å²) in [5, 5.41) is 0.717. The summed E-state index contributed by atoms with van der Waals surface area (Å²) in [5.41, 5.74) is -0.145. The predicted molar refractivity (Wildman–Crippen MR) is 45.9 cm³/mol. The second-order valence-electron chi connectivity index (χ2n) is 1.89. The molecule has 1 rings (SSSR count). The van der Waals surface area contributed by atoms with E-state index in [9.17, 15) is 4.79 Å². The predicted octanol–water partition coefficient (Wildman–Crippen LogP) is 0.672. The second-order valence-corrected chi connectivity index (χ2v) is 2.68. The van der Waals surface area contributed by atoms with Gasteiger partial charge >= 0.3 is 0 Å². The summed E-state index contributed by atoms with van der Waals surface area (Å²) in [6.45, 7) is 0.490. The van der Waals surface area contributed by atoms with Gasteiger partial charge in [0, 0.05) is 17.6 Å².